The van der Waals surface area contributed by atoms with Gasteiger partial charge in [-0.15, -0.1) is 0 Å². The van der Waals surface area contributed by atoms with E-state index in [0.29, 0.717) is 18.4 Å². The maximum absolute atomic E-state index is 13.9. The van der Waals surface area contributed by atoms with Gasteiger partial charge in [-0.3, -0.25) is 4.79 Å². The van der Waals surface area contributed by atoms with Crippen molar-refractivity contribution in [3.8, 4) is 11.5 Å². The first-order chi connectivity index (χ1) is 8.51. The molecule has 0 saturated heterocycles. The number of methoxy groups -OCH3 is 2. The topological polar surface area (TPSA) is 55.8 Å². The van der Waals surface area contributed by atoms with Gasteiger partial charge in [-0.05, 0) is 24.5 Å². The predicted octanol–water partition coefficient (Wildman–Crippen LogP) is 2.90. The second kappa shape index (κ2) is 6.44. The van der Waals surface area contributed by atoms with Crippen molar-refractivity contribution < 1.29 is 23.8 Å². The lowest BCUT2D eigenvalue weighted by molar-refractivity contribution is -0.137. The van der Waals surface area contributed by atoms with Crippen LogP contribution < -0.4 is 9.47 Å². The van der Waals surface area contributed by atoms with Gasteiger partial charge in [0.15, 0.2) is 11.5 Å². The van der Waals surface area contributed by atoms with Crippen LogP contribution in [-0.4, -0.2) is 25.3 Å². The highest BCUT2D eigenvalue weighted by Gasteiger charge is 2.18. The van der Waals surface area contributed by atoms with E-state index in [1.807, 2.05) is 0 Å². The smallest absolute Gasteiger partial charge is 0.303 e. The second-order valence-corrected chi connectivity index (χ2v) is 4.05. The summed E-state index contributed by atoms with van der Waals surface area (Å²) in [7, 11) is 2.65. The van der Waals surface area contributed by atoms with E-state index < -0.39 is 11.8 Å². The minimum atomic E-state index is -0.894. The van der Waals surface area contributed by atoms with Crippen LogP contribution in [0.5, 0.6) is 11.5 Å². The molecule has 4 nitrogen and oxygen atoms in total. The number of carboxylic acids is 1. The first kappa shape index (κ1) is 14.6. The van der Waals surface area contributed by atoms with Crippen molar-refractivity contribution in [1.82, 2.24) is 0 Å². The van der Waals surface area contributed by atoms with E-state index in [4.69, 9.17) is 26.2 Å². The quantitative estimate of drug-likeness (QED) is 0.868. The lowest BCUT2D eigenvalue weighted by Gasteiger charge is -2.13. The number of hydrogen-bond acceptors (Lipinski definition) is 3. The van der Waals surface area contributed by atoms with Gasteiger partial charge in [-0.2, -0.15) is 4.39 Å². The van der Waals surface area contributed by atoms with Gasteiger partial charge in [0.1, 0.15) is 0 Å². The summed E-state index contributed by atoms with van der Waals surface area (Å²) in [5.74, 6) is -1.59. The van der Waals surface area contributed by atoms with Crippen LogP contribution in [0.1, 0.15) is 18.4 Å². The Kier molecular flexibility index (Phi) is 5.22. The minimum absolute atomic E-state index is 0.00835. The van der Waals surface area contributed by atoms with Crippen molar-refractivity contribution >= 4 is 17.6 Å². The largest absolute Gasteiger partial charge is 0.493 e. The Morgan fingerprint density at radius 2 is 2.00 bits per heavy atom. The molecule has 0 aliphatic heterocycles. The molecule has 0 unspecified atom stereocenters. The zero-order chi connectivity index (χ0) is 13.7. The standard InChI is InChI=1S/C12H14ClFO4/c1-17-11-7(4-3-5-9(15)16)6-8(13)12(18-2)10(11)14/h6H,3-5H2,1-2H3,(H,15,16). The third-order valence-corrected chi connectivity index (χ3v) is 2.73. The molecule has 0 aromatic heterocycles. The van der Waals surface area contributed by atoms with E-state index in [0.717, 1.165) is 0 Å². The van der Waals surface area contributed by atoms with Gasteiger partial charge in [0, 0.05) is 6.42 Å². The fraction of sp³-hybridized carbons (Fsp3) is 0.417. The fourth-order valence-corrected chi connectivity index (χ4v) is 1.95. The molecule has 0 heterocycles. The van der Waals surface area contributed by atoms with Gasteiger partial charge >= 0.3 is 5.97 Å². The second-order valence-electron chi connectivity index (χ2n) is 3.65. The molecule has 6 heteroatoms. The van der Waals surface area contributed by atoms with E-state index in [1.54, 1.807) is 0 Å². The minimum Gasteiger partial charge on any atom is -0.493 e. The normalized spacial score (nSPS) is 10.2. The molecule has 0 atom stereocenters. The van der Waals surface area contributed by atoms with Gasteiger partial charge in [-0.25, -0.2) is 0 Å². The van der Waals surface area contributed by atoms with Crippen molar-refractivity contribution in [2.24, 2.45) is 0 Å². The van der Waals surface area contributed by atoms with Gasteiger partial charge < -0.3 is 14.6 Å². The summed E-state index contributed by atoms with van der Waals surface area (Å²) >= 11 is 5.87. The van der Waals surface area contributed by atoms with Crippen molar-refractivity contribution in [1.29, 1.82) is 0 Å². The van der Waals surface area contributed by atoms with Gasteiger partial charge in [0.2, 0.25) is 5.82 Å². The van der Waals surface area contributed by atoms with Crippen LogP contribution >= 0.6 is 11.6 Å². The molecule has 0 saturated carbocycles. The highest BCUT2D eigenvalue weighted by atomic mass is 35.5. The van der Waals surface area contributed by atoms with E-state index in [9.17, 15) is 9.18 Å². The van der Waals surface area contributed by atoms with Crippen LogP contribution in [0.2, 0.25) is 5.02 Å². The lowest BCUT2D eigenvalue weighted by Crippen LogP contribution is -2.01. The average Bonchev–Trinajstić information content (AvgIpc) is 2.29. The maximum atomic E-state index is 13.9. The molecule has 0 aliphatic rings. The van der Waals surface area contributed by atoms with Gasteiger partial charge in [0.05, 0.1) is 19.2 Å². The van der Waals surface area contributed by atoms with Crippen LogP contribution in [0.3, 0.4) is 0 Å². The predicted molar refractivity (Wildman–Crippen MR) is 65.1 cm³/mol. The number of carboxylic acid groups (broad SMARTS) is 1. The van der Waals surface area contributed by atoms with Crippen molar-refractivity contribution in [2.45, 2.75) is 19.3 Å². The van der Waals surface area contributed by atoms with Crippen molar-refractivity contribution in [2.75, 3.05) is 14.2 Å². The third-order valence-electron chi connectivity index (χ3n) is 2.45. The summed E-state index contributed by atoms with van der Waals surface area (Å²) < 4.78 is 23.7. The number of hydrogen-bond donors (Lipinski definition) is 1. The highest BCUT2D eigenvalue weighted by molar-refractivity contribution is 6.32. The van der Waals surface area contributed by atoms with Crippen LogP contribution in [0.4, 0.5) is 4.39 Å². The van der Waals surface area contributed by atoms with E-state index >= 15 is 0 Å². The molecule has 100 valence electrons. The fourth-order valence-electron chi connectivity index (χ4n) is 1.66. The number of ether oxygens (including phenoxy) is 2. The summed E-state index contributed by atoms with van der Waals surface area (Å²) in [6.45, 7) is 0. The average molecular weight is 277 g/mol. The number of halogens is 2. The Morgan fingerprint density at radius 1 is 1.39 bits per heavy atom. The number of rotatable bonds is 6. The molecule has 18 heavy (non-hydrogen) atoms. The molecule has 0 aliphatic carbocycles. The molecule has 0 spiro atoms. The Hall–Kier alpha value is -1.49. The molecular formula is C12H14ClFO4. The van der Waals surface area contributed by atoms with Crippen molar-refractivity contribution in [3.05, 3.63) is 22.5 Å². The first-order valence-electron chi connectivity index (χ1n) is 5.31. The summed E-state index contributed by atoms with van der Waals surface area (Å²) in [5, 5.41) is 8.70. The number of aliphatic carboxylic acids is 1. The lowest BCUT2D eigenvalue weighted by atomic mass is 10.1. The number of aryl methyl sites for hydroxylation is 1. The Morgan fingerprint density at radius 3 is 2.50 bits per heavy atom. The molecule has 1 rings (SSSR count). The van der Waals surface area contributed by atoms with Crippen molar-refractivity contribution in [3.63, 3.8) is 0 Å². The molecular weight excluding hydrogens is 263 g/mol. The van der Waals surface area contributed by atoms with Crippen LogP contribution in [0.15, 0.2) is 6.07 Å². The van der Waals surface area contributed by atoms with Crippen LogP contribution in [0, 0.1) is 5.82 Å². The monoisotopic (exact) mass is 276 g/mol. The summed E-state index contributed by atoms with van der Waals surface area (Å²) in [5.41, 5.74) is 0.530. The zero-order valence-corrected chi connectivity index (χ0v) is 10.9. The molecule has 0 amide bonds. The molecule has 1 aromatic rings. The Bertz CT molecular complexity index is 448. The maximum Gasteiger partial charge on any atom is 0.303 e. The first-order valence-corrected chi connectivity index (χ1v) is 5.69. The molecule has 0 radical (unpaired) electrons. The SMILES string of the molecule is COc1c(Cl)cc(CCCC(=O)O)c(OC)c1F. The van der Waals surface area contributed by atoms with Crippen LogP contribution in [0.25, 0.3) is 0 Å². The Labute approximate surface area is 109 Å². The number of benzene rings is 1. The Balaban J connectivity index is 3.00. The van der Waals surface area contributed by atoms with E-state index in [-0.39, 0.29) is 22.9 Å². The van der Waals surface area contributed by atoms with E-state index in [2.05, 4.69) is 0 Å². The van der Waals surface area contributed by atoms with Gasteiger partial charge in [-0.1, -0.05) is 11.6 Å². The molecule has 1 N–H and O–H groups in total. The highest BCUT2D eigenvalue weighted by Crippen LogP contribution is 2.37. The van der Waals surface area contributed by atoms with E-state index in [1.165, 1.54) is 20.3 Å². The number of carbonyl (C=O) groups is 1. The molecule has 0 bridgehead atoms. The molecule has 0 fully saturated rings. The zero-order valence-electron chi connectivity index (χ0n) is 10.1. The summed E-state index contributed by atoms with van der Waals surface area (Å²) in [6, 6.07) is 1.53. The summed E-state index contributed by atoms with van der Waals surface area (Å²) in [4.78, 5) is 10.4. The van der Waals surface area contributed by atoms with Gasteiger partial charge in [0.25, 0.3) is 0 Å². The van der Waals surface area contributed by atoms with Crippen LogP contribution in [-0.2, 0) is 11.2 Å². The molecule has 1 aromatic carbocycles. The summed E-state index contributed by atoms with van der Waals surface area (Å²) in [6.07, 6.45) is 0.762. The third kappa shape index (κ3) is 3.26.